The number of amides is 2. The van der Waals surface area contributed by atoms with Crippen molar-refractivity contribution in [2.75, 3.05) is 6.61 Å². The molecule has 1 saturated carbocycles. The molecule has 0 unspecified atom stereocenters. The van der Waals surface area contributed by atoms with E-state index in [-0.39, 0.29) is 24.5 Å². The lowest BCUT2D eigenvalue weighted by Crippen LogP contribution is -2.52. The van der Waals surface area contributed by atoms with Crippen molar-refractivity contribution < 1.29 is 14.3 Å². The first-order valence-corrected chi connectivity index (χ1v) is 11.9. The number of carbonyl (C=O) groups is 2. The van der Waals surface area contributed by atoms with Gasteiger partial charge in [0.15, 0.2) is 6.61 Å². The van der Waals surface area contributed by atoms with Gasteiger partial charge in [-0.1, -0.05) is 68.7 Å². The van der Waals surface area contributed by atoms with Crippen molar-refractivity contribution in [3.8, 4) is 5.75 Å². The highest BCUT2D eigenvalue weighted by molar-refractivity contribution is 5.88. The predicted octanol–water partition coefficient (Wildman–Crippen LogP) is 4.80. The summed E-state index contributed by atoms with van der Waals surface area (Å²) in [5, 5.41) is 3.18. The molecular formula is C27H36N2O3. The Kier molecular flexibility index (Phi) is 8.72. The summed E-state index contributed by atoms with van der Waals surface area (Å²) in [6, 6.07) is 15.6. The highest BCUT2D eigenvalue weighted by Gasteiger charge is 2.30. The van der Waals surface area contributed by atoms with Gasteiger partial charge in [-0.15, -0.1) is 0 Å². The van der Waals surface area contributed by atoms with Crippen LogP contribution in [0.15, 0.2) is 48.5 Å². The van der Waals surface area contributed by atoms with Crippen LogP contribution >= 0.6 is 0 Å². The van der Waals surface area contributed by atoms with Crippen molar-refractivity contribution in [1.29, 1.82) is 0 Å². The molecular weight excluding hydrogens is 400 g/mol. The molecule has 5 heteroatoms. The molecule has 5 nitrogen and oxygen atoms in total. The number of rotatable bonds is 10. The SMILES string of the molecule is CCc1ccc(OCC(=O)N(Cc2cccc(C)c2)[C@H](CC)C(=O)NC2CCCC2)cc1. The monoisotopic (exact) mass is 436 g/mol. The van der Waals surface area contributed by atoms with Gasteiger partial charge in [0.05, 0.1) is 0 Å². The number of hydrogen-bond donors (Lipinski definition) is 1. The molecule has 3 rings (SSSR count). The molecule has 0 spiro atoms. The van der Waals surface area contributed by atoms with Gasteiger partial charge in [0.1, 0.15) is 11.8 Å². The van der Waals surface area contributed by atoms with Gasteiger partial charge in [-0.2, -0.15) is 0 Å². The highest BCUT2D eigenvalue weighted by atomic mass is 16.5. The second-order valence-corrected chi connectivity index (χ2v) is 8.71. The van der Waals surface area contributed by atoms with Gasteiger partial charge >= 0.3 is 0 Å². The Morgan fingerprint density at radius 2 is 1.78 bits per heavy atom. The number of carbonyl (C=O) groups excluding carboxylic acids is 2. The lowest BCUT2D eigenvalue weighted by Gasteiger charge is -2.31. The van der Waals surface area contributed by atoms with Gasteiger partial charge in [-0.05, 0) is 55.9 Å². The molecule has 1 N–H and O–H groups in total. The largest absolute Gasteiger partial charge is 0.484 e. The zero-order valence-corrected chi connectivity index (χ0v) is 19.6. The summed E-state index contributed by atoms with van der Waals surface area (Å²) in [4.78, 5) is 28.1. The first kappa shape index (κ1) is 23.8. The fourth-order valence-electron chi connectivity index (χ4n) is 4.34. The molecule has 1 aliphatic rings. The lowest BCUT2D eigenvalue weighted by atomic mass is 10.1. The van der Waals surface area contributed by atoms with Crippen LogP contribution in [0.1, 0.15) is 62.6 Å². The van der Waals surface area contributed by atoms with Gasteiger partial charge in [0.2, 0.25) is 5.91 Å². The van der Waals surface area contributed by atoms with Crippen LogP contribution in [0.25, 0.3) is 0 Å². The zero-order valence-electron chi connectivity index (χ0n) is 19.6. The molecule has 0 heterocycles. The van der Waals surface area contributed by atoms with E-state index in [0.29, 0.717) is 18.7 Å². The number of ether oxygens (including phenoxy) is 1. The van der Waals surface area contributed by atoms with Crippen LogP contribution in [0.3, 0.4) is 0 Å². The summed E-state index contributed by atoms with van der Waals surface area (Å²) in [6.07, 6.45) is 5.85. The van der Waals surface area contributed by atoms with Gasteiger partial charge in [0, 0.05) is 12.6 Å². The smallest absolute Gasteiger partial charge is 0.261 e. The second kappa shape index (κ2) is 11.7. The number of aryl methyl sites for hydroxylation is 2. The molecule has 2 aromatic carbocycles. The van der Waals surface area contributed by atoms with E-state index < -0.39 is 6.04 Å². The van der Waals surface area contributed by atoms with Crippen molar-refractivity contribution >= 4 is 11.8 Å². The summed E-state index contributed by atoms with van der Waals surface area (Å²) >= 11 is 0. The van der Waals surface area contributed by atoms with Gasteiger partial charge in [0.25, 0.3) is 5.91 Å². The van der Waals surface area contributed by atoms with Gasteiger partial charge < -0.3 is 15.0 Å². The van der Waals surface area contributed by atoms with Crippen molar-refractivity contribution in [3.63, 3.8) is 0 Å². The van der Waals surface area contributed by atoms with Crippen molar-refractivity contribution in [1.82, 2.24) is 10.2 Å². The molecule has 2 amide bonds. The standard InChI is InChI=1S/C27H36N2O3/c1-4-21-13-15-24(16-14-21)32-19-26(30)29(18-22-10-8-9-20(3)17-22)25(5-2)27(31)28-23-11-6-7-12-23/h8-10,13-17,23,25H,4-7,11-12,18-19H2,1-3H3,(H,28,31)/t25-/m1/s1. The summed E-state index contributed by atoms with van der Waals surface area (Å²) in [5.74, 6) is 0.418. The zero-order chi connectivity index (χ0) is 22.9. The van der Waals surface area contributed by atoms with Gasteiger partial charge in [-0.3, -0.25) is 9.59 Å². The maximum Gasteiger partial charge on any atom is 0.261 e. The lowest BCUT2D eigenvalue weighted by molar-refractivity contribution is -0.143. The molecule has 0 aromatic heterocycles. The average Bonchev–Trinajstić information content (AvgIpc) is 3.30. The molecule has 0 bridgehead atoms. The Labute approximate surface area is 192 Å². The van der Waals surface area contributed by atoms with Crippen LogP contribution in [0, 0.1) is 6.92 Å². The first-order valence-electron chi connectivity index (χ1n) is 11.9. The normalized spacial score (nSPS) is 14.7. The maximum absolute atomic E-state index is 13.3. The molecule has 32 heavy (non-hydrogen) atoms. The van der Waals surface area contributed by atoms with E-state index in [1.165, 1.54) is 5.56 Å². The summed E-state index contributed by atoms with van der Waals surface area (Å²) in [6.45, 7) is 6.38. The van der Waals surface area contributed by atoms with E-state index in [2.05, 4.69) is 18.3 Å². The third-order valence-corrected chi connectivity index (χ3v) is 6.22. The van der Waals surface area contributed by atoms with E-state index in [4.69, 9.17) is 4.74 Å². The topological polar surface area (TPSA) is 58.6 Å². The van der Waals surface area contributed by atoms with Crippen LogP contribution in [0.4, 0.5) is 0 Å². The van der Waals surface area contributed by atoms with Crippen LogP contribution in [-0.4, -0.2) is 35.4 Å². The van der Waals surface area contributed by atoms with Crippen LogP contribution < -0.4 is 10.1 Å². The minimum absolute atomic E-state index is 0.0623. The number of nitrogens with zero attached hydrogens (tertiary/aromatic N) is 1. The van der Waals surface area contributed by atoms with Crippen molar-refractivity contribution in [3.05, 3.63) is 65.2 Å². The molecule has 0 radical (unpaired) electrons. The summed E-state index contributed by atoms with van der Waals surface area (Å²) in [7, 11) is 0. The van der Waals surface area contributed by atoms with E-state index in [1.54, 1.807) is 4.90 Å². The fraction of sp³-hybridized carbons (Fsp3) is 0.481. The van der Waals surface area contributed by atoms with Gasteiger partial charge in [-0.25, -0.2) is 0 Å². The van der Waals surface area contributed by atoms with Crippen LogP contribution in [0.5, 0.6) is 5.75 Å². The van der Waals surface area contributed by atoms with Crippen molar-refractivity contribution in [2.45, 2.75) is 77.9 Å². The van der Waals surface area contributed by atoms with E-state index in [9.17, 15) is 9.59 Å². The minimum atomic E-state index is -0.519. The molecule has 0 aliphatic heterocycles. The molecule has 172 valence electrons. The summed E-state index contributed by atoms with van der Waals surface area (Å²) < 4.78 is 5.79. The number of hydrogen-bond acceptors (Lipinski definition) is 3. The Bertz CT molecular complexity index is 888. The molecule has 1 atom stereocenters. The quantitative estimate of drug-likeness (QED) is 0.582. The van der Waals surface area contributed by atoms with Crippen LogP contribution in [-0.2, 0) is 22.6 Å². The Morgan fingerprint density at radius 3 is 2.41 bits per heavy atom. The molecule has 0 saturated heterocycles. The fourth-order valence-corrected chi connectivity index (χ4v) is 4.34. The Morgan fingerprint density at radius 1 is 1.06 bits per heavy atom. The third-order valence-electron chi connectivity index (χ3n) is 6.22. The number of benzene rings is 2. The molecule has 2 aromatic rings. The summed E-state index contributed by atoms with van der Waals surface area (Å²) in [5.41, 5.74) is 3.36. The minimum Gasteiger partial charge on any atom is -0.484 e. The Hall–Kier alpha value is -2.82. The highest BCUT2D eigenvalue weighted by Crippen LogP contribution is 2.20. The van der Waals surface area contributed by atoms with Crippen molar-refractivity contribution in [2.24, 2.45) is 0 Å². The van der Waals surface area contributed by atoms with E-state index in [0.717, 1.165) is 43.2 Å². The maximum atomic E-state index is 13.3. The Balaban J connectivity index is 1.74. The second-order valence-electron chi connectivity index (χ2n) is 8.71. The number of nitrogens with one attached hydrogen (secondary N) is 1. The molecule has 1 fully saturated rings. The van der Waals surface area contributed by atoms with E-state index >= 15 is 0 Å². The molecule has 1 aliphatic carbocycles. The van der Waals surface area contributed by atoms with Crippen LogP contribution in [0.2, 0.25) is 0 Å². The van der Waals surface area contributed by atoms with E-state index in [1.807, 2.05) is 56.3 Å². The first-order chi connectivity index (χ1) is 15.5. The average molecular weight is 437 g/mol. The predicted molar refractivity (Wildman–Crippen MR) is 128 cm³/mol. The third kappa shape index (κ3) is 6.59.